The van der Waals surface area contributed by atoms with Crippen LogP contribution in [0.1, 0.15) is 27.3 Å². The third-order valence-electron chi connectivity index (χ3n) is 3.74. The number of carbonyl (C=O) groups is 1. The Balaban J connectivity index is 1.90. The Kier molecular flexibility index (Phi) is 4.55. The molecular weight excluding hydrogens is 343 g/mol. The summed E-state index contributed by atoms with van der Waals surface area (Å²) in [7, 11) is 0. The normalized spacial score (nSPS) is 10.8. The Morgan fingerprint density at radius 2 is 1.88 bits per heavy atom. The average Bonchev–Trinajstić information content (AvgIpc) is 2.91. The molecule has 0 unspecified atom stereocenters. The van der Waals surface area contributed by atoms with Gasteiger partial charge < -0.3 is 5.32 Å². The summed E-state index contributed by atoms with van der Waals surface area (Å²) in [6.07, 6.45) is 0. The predicted octanol–water partition coefficient (Wildman–Crippen LogP) is 4.24. The number of aromatic nitrogens is 3. The summed E-state index contributed by atoms with van der Waals surface area (Å²) >= 11 is 5.71. The van der Waals surface area contributed by atoms with E-state index in [0.29, 0.717) is 5.69 Å². The smallest absolute Gasteiger partial charge is 0.278 e. The maximum Gasteiger partial charge on any atom is 0.278 e. The van der Waals surface area contributed by atoms with E-state index in [1.165, 1.54) is 16.9 Å². The van der Waals surface area contributed by atoms with Gasteiger partial charge in [0, 0.05) is 5.02 Å². The van der Waals surface area contributed by atoms with Gasteiger partial charge in [-0.05, 0) is 50.6 Å². The lowest BCUT2D eigenvalue weighted by atomic mass is 10.1. The maximum absolute atomic E-state index is 13.8. The monoisotopic (exact) mass is 358 g/mol. The molecule has 0 atom stereocenters. The Morgan fingerprint density at radius 1 is 1.12 bits per heavy atom. The molecule has 0 aliphatic rings. The number of rotatable bonds is 3. The molecule has 3 aromatic rings. The molecule has 1 aromatic heterocycles. The lowest BCUT2D eigenvalue weighted by molar-refractivity contribution is 0.102. The fraction of sp³-hybridized carbons (Fsp3) is 0.167. The van der Waals surface area contributed by atoms with Gasteiger partial charge in [-0.3, -0.25) is 4.79 Å². The molecule has 5 nitrogen and oxygen atoms in total. The number of hydrogen-bond acceptors (Lipinski definition) is 3. The van der Waals surface area contributed by atoms with Crippen LogP contribution in [0.4, 0.5) is 10.1 Å². The highest BCUT2D eigenvalue weighted by Crippen LogP contribution is 2.20. The zero-order valence-electron chi connectivity index (χ0n) is 14.0. The summed E-state index contributed by atoms with van der Waals surface area (Å²) < 4.78 is 13.8. The number of benzene rings is 2. The van der Waals surface area contributed by atoms with E-state index in [9.17, 15) is 9.18 Å². The van der Waals surface area contributed by atoms with Crippen LogP contribution in [0.2, 0.25) is 5.02 Å². The lowest BCUT2D eigenvalue weighted by Crippen LogP contribution is -2.15. The van der Waals surface area contributed by atoms with Crippen LogP contribution in [0, 0.1) is 26.6 Å². The van der Waals surface area contributed by atoms with Crippen molar-refractivity contribution in [3.63, 3.8) is 0 Å². The molecule has 0 fully saturated rings. The molecule has 128 valence electrons. The molecular formula is C18H16ClFN4O. The van der Waals surface area contributed by atoms with Crippen LogP contribution < -0.4 is 5.32 Å². The van der Waals surface area contributed by atoms with Gasteiger partial charge in [0.1, 0.15) is 5.82 Å². The van der Waals surface area contributed by atoms with Crippen molar-refractivity contribution in [1.82, 2.24) is 15.0 Å². The first-order valence-corrected chi connectivity index (χ1v) is 8.01. The van der Waals surface area contributed by atoms with E-state index < -0.39 is 11.7 Å². The number of anilines is 1. The standard InChI is InChI=1S/C18H16ClFN4O/c1-10-4-7-16(11(2)8-10)24-22-12(3)17(23-24)18(25)21-15-6-5-13(19)9-14(15)20/h4-9H,1-3H3,(H,21,25). The number of aryl methyl sites for hydroxylation is 3. The van der Waals surface area contributed by atoms with Crippen LogP contribution >= 0.6 is 11.6 Å². The highest BCUT2D eigenvalue weighted by atomic mass is 35.5. The van der Waals surface area contributed by atoms with E-state index in [0.717, 1.165) is 22.9 Å². The molecule has 1 N–H and O–H groups in total. The Labute approximate surface area is 149 Å². The Hall–Kier alpha value is -2.73. The van der Waals surface area contributed by atoms with E-state index in [-0.39, 0.29) is 16.4 Å². The van der Waals surface area contributed by atoms with E-state index >= 15 is 0 Å². The zero-order valence-corrected chi connectivity index (χ0v) is 14.7. The number of nitrogens with zero attached hydrogens (tertiary/aromatic N) is 3. The van der Waals surface area contributed by atoms with Crippen molar-refractivity contribution in [3.8, 4) is 5.69 Å². The molecule has 1 amide bonds. The molecule has 2 aromatic carbocycles. The maximum atomic E-state index is 13.8. The van der Waals surface area contributed by atoms with Gasteiger partial charge in [-0.1, -0.05) is 29.3 Å². The molecule has 0 saturated carbocycles. The first-order valence-electron chi connectivity index (χ1n) is 7.63. The highest BCUT2D eigenvalue weighted by Gasteiger charge is 2.18. The minimum atomic E-state index is -0.611. The van der Waals surface area contributed by atoms with Gasteiger partial charge >= 0.3 is 0 Å². The molecule has 0 bridgehead atoms. The second kappa shape index (κ2) is 6.64. The van der Waals surface area contributed by atoms with E-state index in [1.54, 1.807) is 6.92 Å². The second-order valence-corrected chi connectivity index (χ2v) is 6.23. The second-order valence-electron chi connectivity index (χ2n) is 5.79. The summed E-state index contributed by atoms with van der Waals surface area (Å²) in [4.78, 5) is 13.8. The van der Waals surface area contributed by atoms with Crippen LogP contribution in [0.15, 0.2) is 36.4 Å². The van der Waals surface area contributed by atoms with Crippen molar-refractivity contribution in [2.75, 3.05) is 5.32 Å². The van der Waals surface area contributed by atoms with Crippen molar-refractivity contribution >= 4 is 23.2 Å². The minimum Gasteiger partial charge on any atom is -0.318 e. The Bertz CT molecular complexity index is 968. The summed E-state index contributed by atoms with van der Waals surface area (Å²) in [5, 5.41) is 11.3. The van der Waals surface area contributed by atoms with Crippen molar-refractivity contribution < 1.29 is 9.18 Å². The topological polar surface area (TPSA) is 59.8 Å². The van der Waals surface area contributed by atoms with E-state index in [1.807, 2.05) is 32.0 Å². The summed E-state index contributed by atoms with van der Waals surface area (Å²) in [6.45, 7) is 5.63. The third-order valence-corrected chi connectivity index (χ3v) is 3.98. The highest BCUT2D eigenvalue weighted by molar-refractivity contribution is 6.30. The van der Waals surface area contributed by atoms with Gasteiger partial charge in [-0.15, -0.1) is 5.10 Å². The van der Waals surface area contributed by atoms with Crippen LogP contribution in [0.3, 0.4) is 0 Å². The van der Waals surface area contributed by atoms with Crippen LogP contribution in [-0.4, -0.2) is 20.9 Å². The quantitative estimate of drug-likeness (QED) is 0.761. The molecule has 25 heavy (non-hydrogen) atoms. The molecule has 0 saturated heterocycles. The van der Waals surface area contributed by atoms with Crippen LogP contribution in [0.25, 0.3) is 5.69 Å². The van der Waals surface area contributed by atoms with E-state index in [2.05, 4.69) is 15.5 Å². The van der Waals surface area contributed by atoms with Gasteiger partial charge in [0.25, 0.3) is 5.91 Å². The molecule has 1 heterocycles. The van der Waals surface area contributed by atoms with Crippen molar-refractivity contribution in [2.24, 2.45) is 0 Å². The first kappa shape index (κ1) is 17.1. The Morgan fingerprint density at radius 3 is 2.56 bits per heavy atom. The summed E-state index contributed by atoms with van der Waals surface area (Å²) in [5.74, 6) is -1.14. The number of hydrogen-bond donors (Lipinski definition) is 1. The number of amides is 1. The number of halogens is 2. The third kappa shape index (κ3) is 3.53. The largest absolute Gasteiger partial charge is 0.318 e. The van der Waals surface area contributed by atoms with Crippen LogP contribution in [-0.2, 0) is 0 Å². The van der Waals surface area contributed by atoms with Gasteiger partial charge in [-0.2, -0.15) is 9.90 Å². The average molecular weight is 359 g/mol. The number of nitrogens with one attached hydrogen (secondary N) is 1. The van der Waals surface area contributed by atoms with Crippen molar-refractivity contribution in [3.05, 3.63) is 69.8 Å². The zero-order chi connectivity index (χ0) is 18.1. The van der Waals surface area contributed by atoms with Crippen molar-refractivity contribution in [1.29, 1.82) is 0 Å². The summed E-state index contributed by atoms with van der Waals surface area (Å²) in [5.41, 5.74) is 3.52. The van der Waals surface area contributed by atoms with E-state index in [4.69, 9.17) is 11.6 Å². The van der Waals surface area contributed by atoms with Gasteiger partial charge in [-0.25, -0.2) is 4.39 Å². The fourth-order valence-electron chi connectivity index (χ4n) is 2.50. The van der Waals surface area contributed by atoms with Gasteiger partial charge in [0.2, 0.25) is 0 Å². The molecule has 0 radical (unpaired) electrons. The lowest BCUT2D eigenvalue weighted by Gasteiger charge is -2.06. The first-order chi connectivity index (χ1) is 11.8. The minimum absolute atomic E-state index is 0.0369. The molecule has 0 spiro atoms. The number of carbonyl (C=O) groups excluding carboxylic acids is 1. The molecule has 0 aliphatic carbocycles. The van der Waals surface area contributed by atoms with Gasteiger partial charge in [0.15, 0.2) is 5.69 Å². The molecule has 7 heteroatoms. The SMILES string of the molecule is Cc1ccc(-n2nc(C)c(C(=O)Nc3ccc(Cl)cc3F)n2)c(C)c1. The predicted molar refractivity (Wildman–Crippen MR) is 94.9 cm³/mol. The van der Waals surface area contributed by atoms with Crippen molar-refractivity contribution in [2.45, 2.75) is 20.8 Å². The molecule has 3 rings (SSSR count). The molecule has 0 aliphatic heterocycles. The van der Waals surface area contributed by atoms with Gasteiger partial charge in [0.05, 0.1) is 17.1 Å². The fourth-order valence-corrected chi connectivity index (χ4v) is 2.66. The summed E-state index contributed by atoms with van der Waals surface area (Å²) in [6, 6.07) is 9.89. The van der Waals surface area contributed by atoms with Crippen LogP contribution in [0.5, 0.6) is 0 Å².